The number of hydrogen-bond donors (Lipinski definition) is 1. The van der Waals surface area contributed by atoms with E-state index in [1.807, 2.05) is 6.07 Å². The fourth-order valence-corrected chi connectivity index (χ4v) is 2.31. The van der Waals surface area contributed by atoms with Gasteiger partial charge < -0.3 is 5.32 Å². The summed E-state index contributed by atoms with van der Waals surface area (Å²) >= 11 is 8.99. The van der Waals surface area contributed by atoms with Crippen molar-refractivity contribution in [2.75, 3.05) is 5.32 Å². The number of alkyl halides is 3. The van der Waals surface area contributed by atoms with Gasteiger partial charge in [0.05, 0.1) is 5.56 Å². The topological polar surface area (TPSA) is 24.9 Å². The van der Waals surface area contributed by atoms with E-state index in [0.29, 0.717) is 5.82 Å². The Balaban J connectivity index is 2.36. The molecule has 0 amide bonds. The summed E-state index contributed by atoms with van der Waals surface area (Å²) in [5.74, 6) is 0.476. The second-order valence-corrected chi connectivity index (χ2v) is 5.52. The number of anilines is 2. The predicted octanol–water partition coefficient (Wildman–Crippen LogP) is 5.57. The lowest BCUT2D eigenvalue weighted by molar-refractivity contribution is -0.137. The highest BCUT2D eigenvalue weighted by Crippen LogP contribution is 2.34. The van der Waals surface area contributed by atoms with Crippen LogP contribution in [-0.4, -0.2) is 4.98 Å². The molecule has 0 radical (unpaired) electrons. The van der Waals surface area contributed by atoms with Crippen molar-refractivity contribution in [1.82, 2.24) is 4.98 Å². The van der Waals surface area contributed by atoms with Crippen LogP contribution in [0.5, 0.6) is 0 Å². The summed E-state index contributed by atoms with van der Waals surface area (Å²) in [7, 11) is 0. The van der Waals surface area contributed by atoms with Crippen molar-refractivity contribution in [1.29, 1.82) is 0 Å². The zero-order valence-electron chi connectivity index (χ0n) is 10.2. The van der Waals surface area contributed by atoms with Crippen molar-refractivity contribution in [3.05, 3.63) is 51.1 Å². The van der Waals surface area contributed by atoms with E-state index >= 15 is 0 Å². The van der Waals surface area contributed by atoms with Crippen molar-refractivity contribution in [2.24, 2.45) is 0 Å². The third kappa shape index (κ3) is 3.64. The largest absolute Gasteiger partial charge is 0.416 e. The lowest BCUT2D eigenvalue weighted by atomic mass is 10.2. The van der Waals surface area contributed by atoms with E-state index in [-0.39, 0.29) is 10.7 Å². The molecule has 0 spiro atoms. The van der Waals surface area contributed by atoms with Crippen LogP contribution in [0, 0.1) is 6.92 Å². The van der Waals surface area contributed by atoms with E-state index in [0.717, 1.165) is 22.2 Å². The Morgan fingerprint density at radius 1 is 1.20 bits per heavy atom. The molecule has 1 aromatic heterocycles. The maximum atomic E-state index is 12.7. The minimum Gasteiger partial charge on any atom is -0.340 e. The summed E-state index contributed by atoms with van der Waals surface area (Å²) in [6.07, 6.45) is -2.88. The fourth-order valence-electron chi connectivity index (χ4n) is 1.63. The van der Waals surface area contributed by atoms with Gasteiger partial charge in [0.1, 0.15) is 5.82 Å². The Labute approximate surface area is 127 Å². The Kier molecular flexibility index (Phi) is 4.25. The van der Waals surface area contributed by atoms with Gasteiger partial charge in [-0.3, -0.25) is 0 Å². The molecule has 7 heteroatoms. The first kappa shape index (κ1) is 15.1. The lowest BCUT2D eigenvalue weighted by Gasteiger charge is -2.12. The van der Waals surface area contributed by atoms with E-state index in [1.165, 1.54) is 6.07 Å². The van der Waals surface area contributed by atoms with Gasteiger partial charge in [-0.15, -0.1) is 0 Å². The van der Waals surface area contributed by atoms with Crippen LogP contribution in [0.4, 0.5) is 24.7 Å². The molecule has 0 aliphatic carbocycles. The summed E-state index contributed by atoms with van der Waals surface area (Å²) in [4.78, 5) is 4.11. The maximum absolute atomic E-state index is 12.7. The van der Waals surface area contributed by atoms with Gasteiger partial charge in [0.25, 0.3) is 0 Å². The average Bonchev–Trinajstić information content (AvgIpc) is 2.31. The number of benzene rings is 1. The van der Waals surface area contributed by atoms with Gasteiger partial charge in [-0.05, 0) is 52.7 Å². The molecular weight excluding hydrogens is 357 g/mol. The molecule has 2 aromatic rings. The molecule has 1 aromatic carbocycles. The predicted molar refractivity (Wildman–Crippen MR) is 76.4 cm³/mol. The second kappa shape index (κ2) is 5.61. The molecule has 2 rings (SSSR count). The first-order valence-corrected chi connectivity index (χ1v) is 6.70. The van der Waals surface area contributed by atoms with Gasteiger partial charge in [-0.2, -0.15) is 13.2 Å². The van der Waals surface area contributed by atoms with Gasteiger partial charge in [-0.1, -0.05) is 11.6 Å². The minimum absolute atomic E-state index is 0.0112. The molecule has 0 fully saturated rings. The lowest BCUT2D eigenvalue weighted by Crippen LogP contribution is -2.06. The van der Waals surface area contributed by atoms with E-state index < -0.39 is 11.7 Å². The molecular formula is C13H9BrClF3N2. The van der Waals surface area contributed by atoms with Crippen LogP contribution in [-0.2, 0) is 6.18 Å². The number of nitrogens with zero attached hydrogens (tertiary/aromatic N) is 1. The Hall–Kier alpha value is -1.27. The van der Waals surface area contributed by atoms with E-state index in [9.17, 15) is 13.2 Å². The molecule has 2 nitrogen and oxygen atoms in total. The zero-order chi connectivity index (χ0) is 14.9. The summed E-state index contributed by atoms with van der Waals surface area (Å²) in [5.41, 5.74) is 0.234. The first-order valence-electron chi connectivity index (χ1n) is 5.52. The summed E-state index contributed by atoms with van der Waals surface area (Å²) in [6.45, 7) is 1.80. The molecule has 0 bridgehead atoms. The minimum atomic E-state index is -4.44. The van der Waals surface area contributed by atoms with Crippen LogP contribution in [0.3, 0.4) is 0 Å². The monoisotopic (exact) mass is 364 g/mol. The van der Waals surface area contributed by atoms with Crippen LogP contribution in [0.2, 0.25) is 5.02 Å². The van der Waals surface area contributed by atoms with Crippen molar-refractivity contribution < 1.29 is 13.2 Å². The zero-order valence-corrected chi connectivity index (χ0v) is 12.6. The third-order valence-corrected chi connectivity index (χ3v) is 3.18. The smallest absolute Gasteiger partial charge is 0.340 e. The van der Waals surface area contributed by atoms with Gasteiger partial charge in [0, 0.05) is 21.4 Å². The van der Waals surface area contributed by atoms with Gasteiger partial charge in [0.15, 0.2) is 0 Å². The number of rotatable bonds is 2. The van der Waals surface area contributed by atoms with Crippen LogP contribution >= 0.6 is 27.5 Å². The fraction of sp³-hybridized carbons (Fsp3) is 0.154. The van der Waals surface area contributed by atoms with Crippen molar-refractivity contribution in [2.45, 2.75) is 13.1 Å². The second-order valence-electron chi connectivity index (χ2n) is 4.17. The number of pyridine rings is 1. The highest BCUT2D eigenvalue weighted by molar-refractivity contribution is 9.10. The van der Waals surface area contributed by atoms with E-state index in [2.05, 4.69) is 26.2 Å². The molecule has 106 valence electrons. The standard InChI is InChI=1S/C13H9BrClF3N2/c1-7-2-9(14)6-19-12(7)20-11-4-8(13(16,17)18)3-10(15)5-11/h2-6H,1H3,(H,19,20). The summed E-state index contributed by atoms with van der Waals surface area (Å²) < 4.78 is 38.9. The number of nitrogens with one attached hydrogen (secondary N) is 1. The van der Waals surface area contributed by atoms with Gasteiger partial charge in [0.2, 0.25) is 0 Å². The quantitative estimate of drug-likeness (QED) is 0.753. The summed E-state index contributed by atoms with van der Waals surface area (Å²) in [6, 6.07) is 5.11. The molecule has 1 N–H and O–H groups in total. The molecule has 0 saturated heterocycles. The molecule has 0 atom stereocenters. The number of aromatic nitrogens is 1. The SMILES string of the molecule is Cc1cc(Br)cnc1Nc1cc(Cl)cc(C(F)(F)F)c1. The molecule has 1 heterocycles. The van der Waals surface area contributed by atoms with E-state index in [1.54, 1.807) is 13.1 Å². The number of aryl methyl sites for hydroxylation is 1. The van der Waals surface area contributed by atoms with E-state index in [4.69, 9.17) is 11.6 Å². The molecule has 0 unspecified atom stereocenters. The van der Waals surface area contributed by atoms with Crippen LogP contribution in [0.15, 0.2) is 34.9 Å². The maximum Gasteiger partial charge on any atom is 0.416 e. The average molecular weight is 366 g/mol. The molecule has 0 saturated carbocycles. The third-order valence-electron chi connectivity index (χ3n) is 2.53. The highest BCUT2D eigenvalue weighted by atomic mass is 79.9. The normalized spacial score (nSPS) is 11.5. The number of hydrogen-bond acceptors (Lipinski definition) is 2. The molecule has 0 aliphatic heterocycles. The van der Waals surface area contributed by atoms with Crippen LogP contribution in [0.1, 0.15) is 11.1 Å². The Morgan fingerprint density at radius 2 is 1.90 bits per heavy atom. The van der Waals surface area contributed by atoms with Crippen LogP contribution < -0.4 is 5.32 Å². The molecule has 0 aliphatic rings. The highest BCUT2D eigenvalue weighted by Gasteiger charge is 2.31. The van der Waals surface area contributed by atoms with Gasteiger partial charge >= 0.3 is 6.18 Å². The van der Waals surface area contributed by atoms with Crippen LogP contribution in [0.25, 0.3) is 0 Å². The Bertz CT molecular complexity index is 644. The van der Waals surface area contributed by atoms with Crippen molar-refractivity contribution in [3.8, 4) is 0 Å². The summed E-state index contributed by atoms with van der Waals surface area (Å²) in [5, 5.41) is 2.85. The van der Waals surface area contributed by atoms with Crippen molar-refractivity contribution in [3.63, 3.8) is 0 Å². The van der Waals surface area contributed by atoms with Crippen molar-refractivity contribution >= 4 is 39.0 Å². The Morgan fingerprint density at radius 3 is 2.50 bits per heavy atom. The van der Waals surface area contributed by atoms with Gasteiger partial charge in [-0.25, -0.2) is 4.98 Å². The molecule has 20 heavy (non-hydrogen) atoms. The first-order chi connectivity index (χ1) is 9.25. The number of halogens is 5.